The van der Waals surface area contributed by atoms with Gasteiger partial charge in [0.25, 0.3) is 11.8 Å². The number of carbonyl (C=O) groups is 7. The van der Waals surface area contributed by atoms with Crippen molar-refractivity contribution in [3.8, 4) is 11.5 Å². The number of rotatable bonds is 15. The Hall–Kier alpha value is -6.00. The molecule has 6 N–H and O–H groups in total. The molecule has 0 saturated carbocycles. The molecule has 2 aromatic heterocycles. The zero-order chi connectivity index (χ0) is 39.3. The summed E-state index contributed by atoms with van der Waals surface area (Å²) >= 11 is 3.45. The van der Waals surface area contributed by atoms with Gasteiger partial charge in [-0.3, -0.25) is 24.1 Å². The first-order valence-corrected chi connectivity index (χ1v) is 18.3. The maximum absolute atomic E-state index is 13.6. The molecule has 282 valence electrons. The van der Waals surface area contributed by atoms with Gasteiger partial charge in [0.05, 0.1) is 0 Å². The van der Waals surface area contributed by atoms with Crippen LogP contribution in [0.5, 0.6) is 11.5 Å². The molecule has 54 heavy (non-hydrogen) atoms. The molecule has 0 radical (unpaired) electrons. The SMILES string of the molecule is CC(=O)Oc1ccc(C(ON=C(C(=O)NC2C(=O)N3C(C(=O)O)=C(CSc4cc[n+](CC(=O)O)cc4)CS[C@H]23)c2csc(N)n2)C(=O)O)cc1OC(C)=O. The number of hydrogen-bond acceptors (Lipinski definition) is 16. The number of nitrogen functional groups attached to an aromatic ring is 1. The highest BCUT2D eigenvalue weighted by atomic mass is 32.2. The minimum Gasteiger partial charge on any atom is -0.478 e. The van der Waals surface area contributed by atoms with Crippen LogP contribution in [0.25, 0.3) is 0 Å². The zero-order valence-corrected chi connectivity index (χ0v) is 30.4. The number of esters is 2. The average molecular weight is 802 g/mol. The molecular weight excluding hydrogens is 773 g/mol. The van der Waals surface area contributed by atoms with E-state index >= 15 is 0 Å². The number of nitrogens with zero attached hydrogens (tertiary/aromatic N) is 4. The summed E-state index contributed by atoms with van der Waals surface area (Å²) in [6.45, 7) is 1.96. The van der Waals surface area contributed by atoms with E-state index in [1.54, 1.807) is 24.5 Å². The molecule has 19 nitrogen and oxygen atoms in total. The van der Waals surface area contributed by atoms with Crippen LogP contribution in [-0.2, 0) is 44.9 Å². The Kier molecular flexibility index (Phi) is 12.2. The number of oxime groups is 1. The minimum atomic E-state index is -1.90. The quantitative estimate of drug-likeness (QED) is 0.0273. The predicted molar refractivity (Wildman–Crippen MR) is 188 cm³/mol. The largest absolute Gasteiger partial charge is 0.478 e. The van der Waals surface area contributed by atoms with Crippen LogP contribution in [0.4, 0.5) is 5.13 Å². The number of carboxylic acid groups (broad SMARTS) is 3. The topological polar surface area (TPSA) is 278 Å². The number of aliphatic carboxylic acids is 3. The van der Waals surface area contributed by atoms with Crippen LogP contribution in [0.2, 0.25) is 0 Å². The van der Waals surface area contributed by atoms with Crippen LogP contribution in [0, 0.1) is 0 Å². The van der Waals surface area contributed by atoms with Crippen LogP contribution < -0.4 is 25.1 Å². The molecule has 5 rings (SSSR count). The van der Waals surface area contributed by atoms with E-state index < -0.39 is 64.9 Å². The van der Waals surface area contributed by atoms with Gasteiger partial charge < -0.3 is 40.7 Å². The highest BCUT2D eigenvalue weighted by Gasteiger charge is 2.54. The lowest BCUT2D eigenvalue weighted by Crippen LogP contribution is -2.71. The van der Waals surface area contributed by atoms with E-state index in [0.29, 0.717) is 5.57 Å². The van der Waals surface area contributed by atoms with Gasteiger partial charge in [0, 0.05) is 53.3 Å². The standard InChI is InChI=1S/C32H28N6O13S3/c1-14(39)49-20-4-3-16(9-21(20)50-15(2)40)26(31(47)48)51-36-23(19-13-54-32(33)34-19)27(43)35-24-28(44)38-25(30(45)46)17(12-53-29(24)38)11-52-18-5-7-37(8-6-18)10-22(41)42/h3-9,13,24,26,29H,10-12H2,1-2H3,(H5-,33,34,35,41,42,43,45,46,47,48)/p+1/t24?,26?,29-/m1/s1. The summed E-state index contributed by atoms with van der Waals surface area (Å²) in [6, 6.07) is 5.63. The molecule has 22 heteroatoms. The number of carbonyl (C=O) groups excluding carboxylic acids is 4. The summed E-state index contributed by atoms with van der Waals surface area (Å²) in [5, 5.41) is 35.9. The summed E-state index contributed by atoms with van der Waals surface area (Å²) in [7, 11) is 0. The van der Waals surface area contributed by atoms with Crippen molar-refractivity contribution in [1.29, 1.82) is 0 Å². The third-order valence-corrected chi connectivity index (χ3v) is 10.5. The van der Waals surface area contributed by atoms with Crippen molar-refractivity contribution in [2.75, 3.05) is 17.2 Å². The first-order chi connectivity index (χ1) is 25.6. The molecule has 1 fully saturated rings. The van der Waals surface area contributed by atoms with Crippen LogP contribution in [0.15, 0.2) is 69.4 Å². The Balaban J connectivity index is 1.34. The van der Waals surface area contributed by atoms with Crippen LogP contribution in [0.1, 0.15) is 31.2 Å². The number of nitrogens with one attached hydrogen (secondary N) is 1. The molecule has 4 heterocycles. The highest BCUT2D eigenvalue weighted by Crippen LogP contribution is 2.42. The lowest BCUT2D eigenvalue weighted by molar-refractivity contribution is -0.686. The fraction of sp³-hybridized carbons (Fsp3) is 0.250. The van der Waals surface area contributed by atoms with E-state index in [2.05, 4.69) is 15.5 Å². The van der Waals surface area contributed by atoms with Gasteiger partial charge in [-0.25, -0.2) is 19.4 Å². The van der Waals surface area contributed by atoms with E-state index in [1.807, 2.05) is 0 Å². The molecule has 1 aromatic carbocycles. The summed E-state index contributed by atoms with van der Waals surface area (Å²) in [6.07, 6.45) is 1.26. The van der Waals surface area contributed by atoms with E-state index in [-0.39, 0.29) is 51.6 Å². The first-order valence-electron chi connectivity index (χ1n) is 15.4. The Labute approximate surface area is 316 Å². The number of amides is 2. The van der Waals surface area contributed by atoms with E-state index in [1.165, 1.54) is 45.6 Å². The van der Waals surface area contributed by atoms with Gasteiger partial charge in [-0.2, -0.15) is 4.57 Å². The van der Waals surface area contributed by atoms with E-state index in [9.17, 15) is 43.8 Å². The molecule has 3 aromatic rings. The maximum atomic E-state index is 13.6. The Bertz CT molecular complexity index is 2100. The number of aromatic nitrogens is 2. The summed E-state index contributed by atoms with van der Waals surface area (Å²) in [5.74, 6) is -7.24. The molecule has 2 aliphatic heterocycles. The van der Waals surface area contributed by atoms with Crippen molar-refractivity contribution in [3.63, 3.8) is 0 Å². The summed E-state index contributed by atoms with van der Waals surface area (Å²) < 4.78 is 11.5. The second kappa shape index (κ2) is 16.8. The molecule has 2 aliphatic rings. The predicted octanol–water partition coefficient (Wildman–Crippen LogP) is 1.03. The number of anilines is 1. The number of thioether (sulfide) groups is 2. The smallest absolute Gasteiger partial charge is 0.370 e. The summed E-state index contributed by atoms with van der Waals surface area (Å²) in [4.78, 5) is 97.0. The second-order valence-electron chi connectivity index (χ2n) is 11.2. The van der Waals surface area contributed by atoms with Crippen LogP contribution >= 0.6 is 34.9 Å². The number of nitrogens with two attached hydrogens (primary N) is 1. The van der Waals surface area contributed by atoms with Crippen molar-refractivity contribution in [3.05, 3.63) is 70.6 Å². The Morgan fingerprint density at radius 1 is 1.07 bits per heavy atom. The second-order valence-corrected chi connectivity index (χ2v) is 14.3. The number of ether oxygens (including phenoxy) is 2. The lowest BCUT2D eigenvalue weighted by atomic mass is 10.0. The lowest BCUT2D eigenvalue weighted by Gasteiger charge is -2.49. The Morgan fingerprint density at radius 3 is 2.35 bits per heavy atom. The fourth-order valence-corrected chi connectivity index (χ4v) is 8.01. The van der Waals surface area contributed by atoms with Gasteiger partial charge in [0.1, 0.15) is 22.8 Å². The number of benzene rings is 1. The van der Waals surface area contributed by atoms with Gasteiger partial charge in [0.15, 0.2) is 34.7 Å². The highest BCUT2D eigenvalue weighted by molar-refractivity contribution is 8.01. The third kappa shape index (κ3) is 9.13. The van der Waals surface area contributed by atoms with Crippen molar-refractivity contribution in [2.24, 2.45) is 5.16 Å². The Morgan fingerprint density at radius 2 is 1.76 bits per heavy atom. The van der Waals surface area contributed by atoms with Gasteiger partial charge in [-0.15, -0.1) is 34.9 Å². The van der Waals surface area contributed by atoms with Gasteiger partial charge in [0.2, 0.25) is 12.6 Å². The minimum absolute atomic E-state index is 0.0256. The van der Waals surface area contributed by atoms with Crippen molar-refractivity contribution in [1.82, 2.24) is 15.2 Å². The van der Waals surface area contributed by atoms with Crippen molar-refractivity contribution >= 4 is 87.4 Å². The van der Waals surface area contributed by atoms with E-state index in [0.717, 1.165) is 41.0 Å². The molecule has 3 atom stereocenters. The number of thiazole rings is 1. The molecule has 0 aliphatic carbocycles. The molecule has 1 saturated heterocycles. The zero-order valence-electron chi connectivity index (χ0n) is 28.0. The molecule has 0 spiro atoms. The number of hydrogen-bond donors (Lipinski definition) is 5. The summed E-state index contributed by atoms with van der Waals surface area (Å²) in [5.41, 5.74) is 5.19. The fourth-order valence-electron chi connectivity index (χ4n) is 5.09. The maximum Gasteiger partial charge on any atom is 0.370 e. The van der Waals surface area contributed by atoms with Crippen LogP contribution in [-0.4, -0.2) is 95.5 Å². The molecular formula is C32H29N6O13S3+. The van der Waals surface area contributed by atoms with Gasteiger partial charge in [-0.1, -0.05) is 11.2 Å². The molecule has 2 unspecified atom stereocenters. The van der Waals surface area contributed by atoms with Gasteiger partial charge >= 0.3 is 29.8 Å². The van der Waals surface area contributed by atoms with Crippen molar-refractivity contribution < 1.29 is 67.8 Å². The number of carboxylic acids is 3. The third-order valence-electron chi connectivity index (χ3n) is 7.36. The normalized spacial score (nSPS) is 17.1. The number of pyridine rings is 1. The number of fused-ring (bicyclic) bond motifs is 1. The van der Waals surface area contributed by atoms with Crippen LogP contribution in [0.3, 0.4) is 0 Å². The van der Waals surface area contributed by atoms with Gasteiger partial charge in [-0.05, 0) is 17.7 Å². The monoisotopic (exact) mass is 801 g/mol. The van der Waals surface area contributed by atoms with E-state index in [4.69, 9.17) is 25.2 Å². The molecule has 2 amide bonds. The van der Waals surface area contributed by atoms with Crippen molar-refractivity contribution in [2.45, 2.75) is 42.8 Å². The number of β-lactam (4-membered cyclic amide) rings is 1. The molecule has 0 bridgehead atoms. The first kappa shape index (κ1) is 39.2. The average Bonchev–Trinajstić information content (AvgIpc) is 3.53.